The number of carbonyl (C=O) groups excluding carboxylic acids is 1. The summed E-state index contributed by atoms with van der Waals surface area (Å²) in [5.74, 6) is 0.740. The molecule has 106 valence electrons. The van der Waals surface area contributed by atoms with Crippen molar-refractivity contribution in [2.45, 2.75) is 26.3 Å². The van der Waals surface area contributed by atoms with Crippen LogP contribution in [0.5, 0.6) is 0 Å². The zero-order valence-electron chi connectivity index (χ0n) is 11.4. The normalized spacial score (nSPS) is 11.9. The molecule has 1 amide bonds. The molecule has 0 bridgehead atoms. The molecule has 1 heterocycles. The van der Waals surface area contributed by atoms with Gasteiger partial charge in [-0.2, -0.15) is 0 Å². The first-order chi connectivity index (χ1) is 9.60. The van der Waals surface area contributed by atoms with Crippen LogP contribution in [0.15, 0.2) is 41.0 Å². The quantitative estimate of drug-likeness (QED) is 0.856. The van der Waals surface area contributed by atoms with Gasteiger partial charge in [0, 0.05) is 12.6 Å². The van der Waals surface area contributed by atoms with Crippen LogP contribution < -0.4 is 10.6 Å². The summed E-state index contributed by atoms with van der Waals surface area (Å²) >= 11 is 6.15. The van der Waals surface area contributed by atoms with E-state index in [2.05, 4.69) is 17.6 Å². The minimum absolute atomic E-state index is 0.0904. The number of rotatable bonds is 5. The van der Waals surface area contributed by atoms with E-state index < -0.39 is 0 Å². The lowest BCUT2D eigenvalue weighted by atomic mass is 10.1. The van der Waals surface area contributed by atoms with Gasteiger partial charge in [-0.15, -0.1) is 0 Å². The van der Waals surface area contributed by atoms with E-state index in [0.29, 0.717) is 10.7 Å². The van der Waals surface area contributed by atoms with Gasteiger partial charge in [-0.25, -0.2) is 0 Å². The van der Waals surface area contributed by atoms with Crippen molar-refractivity contribution in [1.82, 2.24) is 0 Å². The van der Waals surface area contributed by atoms with Crippen molar-refractivity contribution in [3.8, 4) is 0 Å². The Morgan fingerprint density at radius 2 is 2.20 bits per heavy atom. The maximum atomic E-state index is 11.0. The second-order valence-corrected chi connectivity index (χ2v) is 4.90. The monoisotopic (exact) mass is 292 g/mol. The smallest absolute Gasteiger partial charge is 0.221 e. The molecule has 2 rings (SSSR count). The van der Waals surface area contributed by atoms with Crippen molar-refractivity contribution >= 4 is 28.9 Å². The molecule has 0 radical (unpaired) electrons. The van der Waals surface area contributed by atoms with Gasteiger partial charge in [-0.3, -0.25) is 4.79 Å². The third-order valence-corrected chi connectivity index (χ3v) is 3.23. The van der Waals surface area contributed by atoms with Gasteiger partial charge in [0.15, 0.2) is 0 Å². The second kappa shape index (κ2) is 6.48. The van der Waals surface area contributed by atoms with E-state index in [9.17, 15) is 4.79 Å². The van der Waals surface area contributed by atoms with Crippen LogP contribution in [0.3, 0.4) is 0 Å². The minimum Gasteiger partial charge on any atom is -0.467 e. The Hall–Kier alpha value is -1.94. The van der Waals surface area contributed by atoms with Gasteiger partial charge in [0.2, 0.25) is 5.91 Å². The SMILES string of the molecule is CCC(Nc1ccc(NC(C)=O)c(Cl)c1)c1ccco1. The Kier molecular flexibility index (Phi) is 4.69. The molecular formula is C15H17ClN2O2. The van der Waals surface area contributed by atoms with Crippen LogP contribution in [-0.2, 0) is 4.79 Å². The van der Waals surface area contributed by atoms with Gasteiger partial charge in [-0.05, 0) is 36.8 Å². The molecule has 2 aromatic rings. The topological polar surface area (TPSA) is 54.3 Å². The number of carbonyl (C=O) groups is 1. The molecule has 5 heteroatoms. The van der Waals surface area contributed by atoms with Gasteiger partial charge in [0.05, 0.1) is 23.0 Å². The molecular weight excluding hydrogens is 276 g/mol. The number of anilines is 2. The van der Waals surface area contributed by atoms with Gasteiger partial charge < -0.3 is 15.1 Å². The predicted molar refractivity (Wildman–Crippen MR) is 81.1 cm³/mol. The van der Waals surface area contributed by atoms with Crippen molar-refractivity contribution in [2.75, 3.05) is 10.6 Å². The first-order valence-electron chi connectivity index (χ1n) is 6.47. The lowest BCUT2D eigenvalue weighted by Crippen LogP contribution is -2.09. The third-order valence-electron chi connectivity index (χ3n) is 2.92. The standard InChI is InChI=1S/C15H17ClN2O2/c1-3-13(15-5-4-8-20-15)18-11-6-7-14(12(16)9-11)17-10(2)19/h4-9,13,18H,3H2,1-2H3,(H,17,19). The summed E-state index contributed by atoms with van der Waals surface area (Å²) in [7, 11) is 0. The molecule has 0 aliphatic rings. The second-order valence-electron chi connectivity index (χ2n) is 4.50. The van der Waals surface area contributed by atoms with Crippen LogP contribution in [-0.4, -0.2) is 5.91 Å². The van der Waals surface area contributed by atoms with Crippen molar-refractivity contribution in [1.29, 1.82) is 0 Å². The highest BCUT2D eigenvalue weighted by molar-refractivity contribution is 6.34. The van der Waals surface area contributed by atoms with E-state index in [1.165, 1.54) is 6.92 Å². The molecule has 1 aromatic carbocycles. The molecule has 0 saturated heterocycles. The summed E-state index contributed by atoms with van der Waals surface area (Å²) in [6.07, 6.45) is 2.55. The maximum Gasteiger partial charge on any atom is 0.221 e. The Morgan fingerprint density at radius 3 is 2.75 bits per heavy atom. The molecule has 0 fully saturated rings. The number of benzene rings is 1. The van der Waals surface area contributed by atoms with Crippen LogP contribution in [0.1, 0.15) is 32.1 Å². The van der Waals surface area contributed by atoms with E-state index in [1.54, 1.807) is 18.4 Å². The fourth-order valence-electron chi connectivity index (χ4n) is 1.96. The predicted octanol–water partition coefficient (Wildman–Crippen LogP) is 4.45. The Labute approximate surface area is 123 Å². The minimum atomic E-state index is -0.144. The third kappa shape index (κ3) is 3.54. The molecule has 0 saturated carbocycles. The summed E-state index contributed by atoms with van der Waals surface area (Å²) < 4.78 is 5.41. The number of amides is 1. The largest absolute Gasteiger partial charge is 0.467 e. The lowest BCUT2D eigenvalue weighted by Gasteiger charge is -2.17. The molecule has 1 atom stereocenters. The summed E-state index contributed by atoms with van der Waals surface area (Å²) in [5, 5.41) is 6.54. The maximum absolute atomic E-state index is 11.0. The van der Waals surface area contributed by atoms with E-state index in [0.717, 1.165) is 17.9 Å². The zero-order chi connectivity index (χ0) is 14.5. The summed E-state index contributed by atoms with van der Waals surface area (Å²) in [6, 6.07) is 9.34. The first-order valence-corrected chi connectivity index (χ1v) is 6.85. The van der Waals surface area contributed by atoms with Crippen LogP contribution in [0, 0.1) is 0 Å². The van der Waals surface area contributed by atoms with E-state index in [1.807, 2.05) is 18.2 Å². The molecule has 4 nitrogen and oxygen atoms in total. The first kappa shape index (κ1) is 14.5. The zero-order valence-corrected chi connectivity index (χ0v) is 12.2. The van der Waals surface area contributed by atoms with Gasteiger partial charge in [-0.1, -0.05) is 18.5 Å². The number of hydrogen-bond acceptors (Lipinski definition) is 3. The fraction of sp³-hybridized carbons (Fsp3) is 0.267. The number of hydrogen-bond donors (Lipinski definition) is 2. The summed E-state index contributed by atoms with van der Waals surface area (Å²) in [4.78, 5) is 11.0. The molecule has 1 unspecified atom stereocenters. The molecule has 0 aliphatic carbocycles. The van der Waals surface area contributed by atoms with Gasteiger partial charge in [0.25, 0.3) is 0 Å². The summed E-state index contributed by atoms with van der Waals surface area (Å²) in [5.41, 5.74) is 1.49. The number of nitrogens with one attached hydrogen (secondary N) is 2. The Bertz CT molecular complexity index is 582. The Morgan fingerprint density at radius 1 is 1.40 bits per heavy atom. The van der Waals surface area contributed by atoms with Gasteiger partial charge in [0.1, 0.15) is 5.76 Å². The highest BCUT2D eigenvalue weighted by Gasteiger charge is 2.12. The molecule has 0 aliphatic heterocycles. The fourth-order valence-corrected chi connectivity index (χ4v) is 2.19. The summed E-state index contributed by atoms with van der Waals surface area (Å²) in [6.45, 7) is 3.53. The van der Waals surface area contributed by atoms with Crippen LogP contribution in [0.2, 0.25) is 5.02 Å². The van der Waals surface area contributed by atoms with Crippen molar-refractivity contribution < 1.29 is 9.21 Å². The number of furan rings is 1. The highest BCUT2D eigenvalue weighted by atomic mass is 35.5. The highest BCUT2D eigenvalue weighted by Crippen LogP contribution is 2.29. The van der Waals surface area contributed by atoms with Crippen LogP contribution >= 0.6 is 11.6 Å². The molecule has 0 spiro atoms. The lowest BCUT2D eigenvalue weighted by molar-refractivity contribution is -0.114. The van der Waals surface area contributed by atoms with Crippen LogP contribution in [0.4, 0.5) is 11.4 Å². The average molecular weight is 293 g/mol. The van der Waals surface area contributed by atoms with E-state index in [-0.39, 0.29) is 11.9 Å². The number of halogens is 1. The molecule has 20 heavy (non-hydrogen) atoms. The average Bonchev–Trinajstić information content (AvgIpc) is 2.92. The van der Waals surface area contributed by atoms with Crippen LogP contribution in [0.25, 0.3) is 0 Å². The van der Waals surface area contributed by atoms with E-state index >= 15 is 0 Å². The Balaban J connectivity index is 2.13. The van der Waals surface area contributed by atoms with Gasteiger partial charge >= 0.3 is 0 Å². The molecule has 2 N–H and O–H groups in total. The van der Waals surface area contributed by atoms with Crippen molar-refractivity contribution in [3.05, 3.63) is 47.4 Å². The van der Waals surface area contributed by atoms with E-state index in [4.69, 9.17) is 16.0 Å². The van der Waals surface area contributed by atoms with Crippen molar-refractivity contribution in [3.63, 3.8) is 0 Å². The van der Waals surface area contributed by atoms with Crippen molar-refractivity contribution in [2.24, 2.45) is 0 Å². The molecule has 1 aromatic heterocycles.